The second-order valence-electron chi connectivity index (χ2n) is 5.63. The number of ether oxygens (including phenoxy) is 2. The highest BCUT2D eigenvalue weighted by Crippen LogP contribution is 2.37. The van der Waals surface area contributed by atoms with Crippen LogP contribution < -0.4 is 0 Å². The molecular weight excluding hydrogens is 273 g/mol. The minimum atomic E-state index is -0.250. The highest BCUT2D eigenvalue weighted by molar-refractivity contribution is 5.69. The van der Waals surface area contributed by atoms with Crippen LogP contribution >= 0.6 is 0 Å². The Balaban J connectivity index is 1.71. The van der Waals surface area contributed by atoms with Crippen LogP contribution in [0.25, 0.3) is 0 Å². The number of benzene rings is 1. The van der Waals surface area contributed by atoms with E-state index in [-0.39, 0.29) is 30.4 Å². The van der Waals surface area contributed by atoms with Crippen molar-refractivity contribution < 1.29 is 18.7 Å². The van der Waals surface area contributed by atoms with E-state index in [4.69, 9.17) is 9.47 Å². The Morgan fingerprint density at radius 3 is 3.19 bits per heavy atom. The standard InChI is InChI=1S/C16H20FNO3/c1-20-16(19)9-11-10-18(7-8-21-11)15-6-5-12-13(15)3-2-4-14(12)17/h2-4,11,15H,5-10H2,1H3/t11-,15+/m0/s1. The molecular formula is C16H20FNO3. The monoisotopic (exact) mass is 293 g/mol. The molecule has 4 nitrogen and oxygen atoms in total. The number of carbonyl (C=O) groups excluding carboxylic acids is 1. The largest absolute Gasteiger partial charge is 0.469 e. The van der Waals surface area contributed by atoms with Crippen LogP contribution in [0.4, 0.5) is 4.39 Å². The van der Waals surface area contributed by atoms with Crippen LogP contribution in [0.1, 0.15) is 30.0 Å². The summed E-state index contributed by atoms with van der Waals surface area (Å²) >= 11 is 0. The first kappa shape index (κ1) is 14.5. The molecule has 2 aliphatic rings. The van der Waals surface area contributed by atoms with Crippen LogP contribution in [-0.2, 0) is 20.7 Å². The average molecular weight is 293 g/mol. The summed E-state index contributed by atoms with van der Waals surface area (Å²) in [6.45, 7) is 2.11. The predicted molar refractivity (Wildman–Crippen MR) is 75.4 cm³/mol. The van der Waals surface area contributed by atoms with Crippen molar-refractivity contribution in [2.45, 2.75) is 31.4 Å². The Kier molecular flexibility index (Phi) is 4.22. The minimum Gasteiger partial charge on any atom is -0.469 e. The fourth-order valence-electron chi connectivity index (χ4n) is 3.39. The van der Waals surface area contributed by atoms with Crippen molar-refractivity contribution in [2.75, 3.05) is 26.8 Å². The van der Waals surface area contributed by atoms with E-state index in [1.165, 1.54) is 13.2 Å². The Morgan fingerprint density at radius 1 is 1.52 bits per heavy atom. The number of nitrogens with zero attached hydrogens (tertiary/aromatic N) is 1. The highest BCUT2D eigenvalue weighted by atomic mass is 19.1. The summed E-state index contributed by atoms with van der Waals surface area (Å²) in [5, 5.41) is 0. The van der Waals surface area contributed by atoms with E-state index in [0.29, 0.717) is 13.2 Å². The molecule has 1 saturated heterocycles. The summed E-state index contributed by atoms with van der Waals surface area (Å²) in [5.74, 6) is -0.353. The van der Waals surface area contributed by atoms with Crippen molar-refractivity contribution >= 4 is 5.97 Å². The van der Waals surface area contributed by atoms with Crippen molar-refractivity contribution in [3.05, 3.63) is 35.1 Å². The first-order chi connectivity index (χ1) is 10.2. The van der Waals surface area contributed by atoms with Crippen molar-refractivity contribution in [3.63, 3.8) is 0 Å². The van der Waals surface area contributed by atoms with Gasteiger partial charge in [0.15, 0.2) is 0 Å². The molecule has 1 aliphatic carbocycles. The van der Waals surface area contributed by atoms with Crippen LogP contribution in [-0.4, -0.2) is 43.8 Å². The summed E-state index contributed by atoms with van der Waals surface area (Å²) in [4.78, 5) is 13.7. The number of halogens is 1. The fraction of sp³-hybridized carbons (Fsp3) is 0.562. The lowest BCUT2D eigenvalue weighted by Crippen LogP contribution is -2.44. The SMILES string of the molecule is COC(=O)C[C@H]1CN([C@@H]2CCc3c(F)cccc32)CCO1. The second kappa shape index (κ2) is 6.12. The highest BCUT2D eigenvalue weighted by Gasteiger charge is 2.33. The summed E-state index contributed by atoms with van der Waals surface area (Å²) < 4.78 is 24.2. The molecule has 1 aliphatic heterocycles. The average Bonchev–Trinajstić information content (AvgIpc) is 2.93. The lowest BCUT2D eigenvalue weighted by molar-refractivity contribution is -0.146. The lowest BCUT2D eigenvalue weighted by Gasteiger charge is -2.36. The van der Waals surface area contributed by atoms with Gasteiger partial charge in [-0.2, -0.15) is 0 Å². The lowest BCUT2D eigenvalue weighted by atomic mass is 10.0. The molecule has 1 aromatic rings. The first-order valence-corrected chi connectivity index (χ1v) is 7.39. The van der Waals surface area contributed by atoms with Crippen LogP contribution in [0, 0.1) is 5.82 Å². The molecule has 0 unspecified atom stereocenters. The quantitative estimate of drug-likeness (QED) is 0.800. The van der Waals surface area contributed by atoms with E-state index in [9.17, 15) is 9.18 Å². The smallest absolute Gasteiger partial charge is 0.308 e. The Hall–Kier alpha value is -1.46. The Morgan fingerprint density at radius 2 is 2.38 bits per heavy atom. The zero-order chi connectivity index (χ0) is 14.8. The van der Waals surface area contributed by atoms with E-state index in [0.717, 1.165) is 30.5 Å². The van der Waals surface area contributed by atoms with E-state index in [1.54, 1.807) is 6.07 Å². The number of rotatable bonds is 3. The van der Waals surface area contributed by atoms with Gasteiger partial charge in [-0.15, -0.1) is 0 Å². The topological polar surface area (TPSA) is 38.8 Å². The first-order valence-electron chi connectivity index (χ1n) is 7.39. The molecule has 1 aromatic carbocycles. The van der Waals surface area contributed by atoms with Gasteiger partial charge in [0, 0.05) is 19.1 Å². The molecule has 1 fully saturated rings. The van der Waals surface area contributed by atoms with Gasteiger partial charge in [0.05, 0.1) is 26.2 Å². The van der Waals surface area contributed by atoms with Gasteiger partial charge in [-0.25, -0.2) is 4.39 Å². The van der Waals surface area contributed by atoms with Crippen molar-refractivity contribution in [3.8, 4) is 0 Å². The third kappa shape index (κ3) is 2.94. The van der Waals surface area contributed by atoms with Gasteiger partial charge in [0.1, 0.15) is 5.82 Å². The van der Waals surface area contributed by atoms with Crippen LogP contribution in [0.2, 0.25) is 0 Å². The third-order valence-electron chi connectivity index (χ3n) is 4.41. The van der Waals surface area contributed by atoms with Crippen LogP contribution in [0.3, 0.4) is 0 Å². The molecule has 3 rings (SSSR count). The number of carbonyl (C=O) groups is 1. The number of hydrogen-bond acceptors (Lipinski definition) is 4. The summed E-state index contributed by atoms with van der Waals surface area (Å²) in [7, 11) is 1.39. The summed E-state index contributed by atoms with van der Waals surface area (Å²) in [6.07, 6.45) is 1.85. The van der Waals surface area contributed by atoms with E-state index >= 15 is 0 Å². The normalized spacial score (nSPS) is 25.6. The molecule has 0 bridgehead atoms. The van der Waals surface area contributed by atoms with Crippen molar-refractivity contribution in [1.82, 2.24) is 4.90 Å². The molecule has 1 heterocycles. The predicted octanol–water partition coefficient (Wildman–Crippen LogP) is 2.08. The number of esters is 1. The number of methoxy groups -OCH3 is 1. The molecule has 0 saturated carbocycles. The van der Waals surface area contributed by atoms with Gasteiger partial charge in [-0.3, -0.25) is 9.69 Å². The maximum atomic E-state index is 13.8. The van der Waals surface area contributed by atoms with Gasteiger partial charge >= 0.3 is 5.97 Å². The minimum absolute atomic E-state index is 0.102. The number of fused-ring (bicyclic) bond motifs is 1. The molecule has 0 radical (unpaired) electrons. The zero-order valence-electron chi connectivity index (χ0n) is 12.2. The molecule has 0 N–H and O–H groups in total. The van der Waals surface area contributed by atoms with Gasteiger partial charge in [-0.1, -0.05) is 12.1 Å². The number of morpholine rings is 1. The molecule has 0 spiro atoms. The summed E-state index contributed by atoms with van der Waals surface area (Å²) in [6, 6.07) is 5.56. The van der Waals surface area contributed by atoms with E-state index < -0.39 is 0 Å². The Labute approximate surface area is 123 Å². The molecule has 0 amide bonds. The molecule has 2 atom stereocenters. The maximum Gasteiger partial charge on any atom is 0.308 e. The molecule has 5 heteroatoms. The molecule has 21 heavy (non-hydrogen) atoms. The van der Waals surface area contributed by atoms with Crippen LogP contribution in [0.5, 0.6) is 0 Å². The van der Waals surface area contributed by atoms with Gasteiger partial charge in [-0.05, 0) is 30.0 Å². The molecule has 0 aromatic heterocycles. The number of hydrogen-bond donors (Lipinski definition) is 0. The molecule has 114 valence electrons. The van der Waals surface area contributed by atoms with Crippen molar-refractivity contribution in [1.29, 1.82) is 0 Å². The van der Waals surface area contributed by atoms with Gasteiger partial charge in [0.2, 0.25) is 0 Å². The van der Waals surface area contributed by atoms with E-state index in [1.807, 2.05) is 6.07 Å². The third-order valence-corrected chi connectivity index (χ3v) is 4.41. The van der Waals surface area contributed by atoms with E-state index in [2.05, 4.69) is 4.90 Å². The summed E-state index contributed by atoms with van der Waals surface area (Å²) in [5.41, 5.74) is 1.94. The Bertz CT molecular complexity index is 534. The fourth-order valence-corrected chi connectivity index (χ4v) is 3.39. The van der Waals surface area contributed by atoms with Gasteiger partial charge < -0.3 is 9.47 Å². The van der Waals surface area contributed by atoms with Crippen LogP contribution in [0.15, 0.2) is 18.2 Å². The van der Waals surface area contributed by atoms with Crippen molar-refractivity contribution in [2.24, 2.45) is 0 Å². The second-order valence-corrected chi connectivity index (χ2v) is 5.63. The maximum absolute atomic E-state index is 13.8. The van der Waals surface area contributed by atoms with Gasteiger partial charge in [0.25, 0.3) is 0 Å². The zero-order valence-corrected chi connectivity index (χ0v) is 12.2.